The zero-order valence-corrected chi connectivity index (χ0v) is 23.9. The lowest BCUT2D eigenvalue weighted by Gasteiger charge is -2.34. The van der Waals surface area contributed by atoms with E-state index in [4.69, 9.17) is 4.74 Å². The van der Waals surface area contributed by atoms with Crippen molar-refractivity contribution < 1.29 is 26.7 Å². The van der Waals surface area contributed by atoms with Gasteiger partial charge in [0.2, 0.25) is 0 Å². The van der Waals surface area contributed by atoms with Crippen LogP contribution in [-0.4, -0.2) is 63.1 Å². The first-order valence-electron chi connectivity index (χ1n) is 13.1. The number of ether oxygens (including phenoxy) is 1. The lowest BCUT2D eigenvalue weighted by Crippen LogP contribution is -2.47. The van der Waals surface area contributed by atoms with Gasteiger partial charge in [0, 0.05) is 36.3 Å². The predicted molar refractivity (Wildman–Crippen MR) is 149 cm³/mol. The molecule has 0 saturated carbocycles. The number of nitrogens with one attached hydrogen (secondary N) is 1. The number of halogens is 2. The molecule has 1 saturated heterocycles. The molecule has 0 bridgehead atoms. The van der Waals surface area contributed by atoms with Gasteiger partial charge in [-0.05, 0) is 58.7 Å². The van der Waals surface area contributed by atoms with Crippen molar-refractivity contribution in [1.82, 2.24) is 23.8 Å². The summed E-state index contributed by atoms with van der Waals surface area (Å²) in [4.78, 5) is 26.6. The molecule has 4 aromatic rings. The van der Waals surface area contributed by atoms with Crippen molar-refractivity contribution in [2.45, 2.75) is 57.1 Å². The van der Waals surface area contributed by atoms with Gasteiger partial charge >= 0.3 is 6.09 Å². The van der Waals surface area contributed by atoms with Crippen LogP contribution in [0.5, 0.6) is 0 Å². The highest BCUT2D eigenvalue weighted by atomic mass is 32.2. The fraction of sp³-hybridized carbons (Fsp3) is 0.357. The number of hydrogen-bond donors (Lipinski definition) is 1. The maximum absolute atomic E-state index is 14.9. The van der Waals surface area contributed by atoms with E-state index in [1.807, 2.05) is 6.92 Å². The van der Waals surface area contributed by atoms with Gasteiger partial charge < -0.3 is 15.0 Å². The van der Waals surface area contributed by atoms with Crippen LogP contribution in [0.3, 0.4) is 0 Å². The quantitative estimate of drug-likeness (QED) is 0.343. The standard InChI is InChI=1S/C28H30F2N6O4S/c1-17-7-9-20(10-8-17)41(38,39)36-16-22(21-12-18(29)13-32-26(21)36)24-31-14-23(30)25(34-24)33-19-6-5-11-35(15-19)27(37)40-28(2,3)4/h7-10,12-14,16,19H,5-6,11,15H2,1-4H3,(H,31,33,34)/t19-/m0/s1. The number of carbonyl (C=O) groups excluding carboxylic acids is 1. The van der Waals surface area contributed by atoms with E-state index in [0.29, 0.717) is 19.4 Å². The molecule has 4 heterocycles. The molecule has 1 amide bonds. The number of benzene rings is 1. The van der Waals surface area contributed by atoms with Gasteiger partial charge in [-0.15, -0.1) is 0 Å². The molecule has 1 N–H and O–H groups in total. The molecule has 10 nitrogen and oxygen atoms in total. The van der Waals surface area contributed by atoms with Crippen molar-refractivity contribution in [1.29, 1.82) is 0 Å². The third-order valence-corrected chi connectivity index (χ3v) is 8.22. The zero-order chi connectivity index (χ0) is 29.5. The number of aromatic nitrogens is 4. The number of piperidine rings is 1. The number of amides is 1. The number of fused-ring (bicyclic) bond motifs is 1. The van der Waals surface area contributed by atoms with Gasteiger partial charge in [-0.2, -0.15) is 0 Å². The molecule has 41 heavy (non-hydrogen) atoms. The van der Waals surface area contributed by atoms with E-state index in [1.54, 1.807) is 37.8 Å². The Bertz CT molecular complexity index is 1720. The van der Waals surface area contributed by atoms with E-state index in [-0.39, 0.29) is 45.7 Å². The van der Waals surface area contributed by atoms with Gasteiger partial charge in [-0.1, -0.05) is 17.7 Å². The summed E-state index contributed by atoms with van der Waals surface area (Å²) in [6, 6.07) is 7.10. The molecule has 13 heteroatoms. The van der Waals surface area contributed by atoms with Crippen LogP contribution < -0.4 is 5.32 Å². The van der Waals surface area contributed by atoms with Crippen LogP contribution in [0, 0.1) is 18.6 Å². The molecule has 0 unspecified atom stereocenters. The normalized spacial score (nSPS) is 16.1. The van der Waals surface area contributed by atoms with Crippen molar-refractivity contribution >= 4 is 33.0 Å². The number of likely N-dealkylation sites (tertiary alicyclic amines) is 1. The second kappa shape index (κ2) is 10.7. The van der Waals surface area contributed by atoms with Crippen LogP contribution in [-0.2, 0) is 14.8 Å². The largest absolute Gasteiger partial charge is 0.444 e. The van der Waals surface area contributed by atoms with Crippen molar-refractivity contribution in [2.75, 3.05) is 18.4 Å². The van der Waals surface area contributed by atoms with Crippen LogP contribution in [0.25, 0.3) is 22.4 Å². The Morgan fingerprint density at radius 1 is 1.12 bits per heavy atom. The second-order valence-corrected chi connectivity index (χ2v) is 12.8. The summed E-state index contributed by atoms with van der Waals surface area (Å²) in [6.45, 7) is 7.98. The molecule has 216 valence electrons. The van der Waals surface area contributed by atoms with Gasteiger partial charge in [-0.3, -0.25) is 0 Å². The summed E-state index contributed by atoms with van der Waals surface area (Å²) in [6.07, 6.45) is 4.01. The summed E-state index contributed by atoms with van der Waals surface area (Å²) in [5, 5.41) is 3.19. The van der Waals surface area contributed by atoms with Crippen molar-refractivity contribution in [3.05, 3.63) is 66.1 Å². The minimum atomic E-state index is -4.11. The molecule has 1 aliphatic heterocycles. The molecule has 3 aromatic heterocycles. The van der Waals surface area contributed by atoms with Crippen LogP contribution in [0.1, 0.15) is 39.2 Å². The number of aryl methyl sites for hydroxylation is 1. The van der Waals surface area contributed by atoms with E-state index < -0.39 is 33.4 Å². The van der Waals surface area contributed by atoms with Crippen molar-refractivity contribution in [3.8, 4) is 11.4 Å². The number of rotatable bonds is 5. The maximum atomic E-state index is 14.9. The van der Waals surface area contributed by atoms with Gasteiger partial charge in [0.25, 0.3) is 10.0 Å². The third-order valence-electron chi connectivity index (χ3n) is 6.56. The van der Waals surface area contributed by atoms with Gasteiger partial charge in [-0.25, -0.2) is 40.9 Å². The topological polar surface area (TPSA) is 119 Å². The first kappa shape index (κ1) is 28.4. The highest BCUT2D eigenvalue weighted by molar-refractivity contribution is 7.90. The number of pyridine rings is 1. The lowest BCUT2D eigenvalue weighted by molar-refractivity contribution is 0.0206. The van der Waals surface area contributed by atoms with Crippen molar-refractivity contribution in [3.63, 3.8) is 0 Å². The molecule has 0 aliphatic carbocycles. The van der Waals surface area contributed by atoms with E-state index in [1.165, 1.54) is 18.3 Å². The Kier molecular flexibility index (Phi) is 7.41. The van der Waals surface area contributed by atoms with Gasteiger partial charge in [0.15, 0.2) is 23.1 Å². The summed E-state index contributed by atoms with van der Waals surface area (Å²) in [5.74, 6) is -1.57. The highest BCUT2D eigenvalue weighted by Crippen LogP contribution is 2.32. The minimum Gasteiger partial charge on any atom is -0.444 e. The first-order valence-corrected chi connectivity index (χ1v) is 14.5. The minimum absolute atomic E-state index is 0.0203. The second-order valence-electron chi connectivity index (χ2n) is 11.0. The predicted octanol–water partition coefficient (Wildman–Crippen LogP) is 5.13. The monoisotopic (exact) mass is 584 g/mol. The molecular formula is C28H30F2N6O4S. The van der Waals surface area contributed by atoms with Crippen LogP contribution in [0.2, 0.25) is 0 Å². The molecule has 1 atom stereocenters. The average molecular weight is 585 g/mol. The van der Waals surface area contributed by atoms with Crippen molar-refractivity contribution in [2.24, 2.45) is 0 Å². The maximum Gasteiger partial charge on any atom is 0.410 e. The summed E-state index contributed by atoms with van der Waals surface area (Å²) in [7, 11) is -4.11. The fourth-order valence-corrected chi connectivity index (χ4v) is 5.94. The molecular weight excluding hydrogens is 554 g/mol. The fourth-order valence-electron chi connectivity index (χ4n) is 4.62. The first-order chi connectivity index (χ1) is 19.3. The van der Waals surface area contributed by atoms with Crippen LogP contribution in [0.15, 0.2) is 53.8 Å². The van der Waals surface area contributed by atoms with Gasteiger partial charge in [0.05, 0.1) is 17.3 Å². The lowest BCUT2D eigenvalue weighted by atomic mass is 10.1. The summed E-state index contributed by atoms with van der Waals surface area (Å²) in [5.41, 5.74) is 0.370. The summed E-state index contributed by atoms with van der Waals surface area (Å²) < 4.78 is 62.6. The molecule has 5 rings (SSSR count). The number of hydrogen-bond acceptors (Lipinski definition) is 8. The van der Waals surface area contributed by atoms with E-state index in [2.05, 4.69) is 20.3 Å². The SMILES string of the molecule is Cc1ccc(S(=O)(=O)n2cc(-c3ncc(F)c(N[C@H]4CCCN(C(=O)OC(C)(C)C)C4)n3)c3cc(F)cnc32)cc1. The van der Waals surface area contributed by atoms with Gasteiger partial charge in [0.1, 0.15) is 11.4 Å². The zero-order valence-electron chi connectivity index (χ0n) is 23.1. The molecule has 0 spiro atoms. The van der Waals surface area contributed by atoms with Crippen LogP contribution in [0.4, 0.5) is 19.4 Å². The molecule has 0 radical (unpaired) electrons. The van der Waals surface area contributed by atoms with E-state index in [9.17, 15) is 22.0 Å². The Morgan fingerprint density at radius 3 is 2.56 bits per heavy atom. The number of nitrogens with zero attached hydrogens (tertiary/aromatic N) is 5. The Balaban J connectivity index is 1.49. The molecule has 1 fully saturated rings. The molecule has 1 aliphatic rings. The number of anilines is 1. The Labute approximate surface area is 236 Å². The third kappa shape index (κ3) is 5.99. The van der Waals surface area contributed by atoms with E-state index in [0.717, 1.165) is 28.0 Å². The average Bonchev–Trinajstić information content (AvgIpc) is 3.29. The Morgan fingerprint density at radius 2 is 1.85 bits per heavy atom. The smallest absolute Gasteiger partial charge is 0.410 e. The number of carbonyl (C=O) groups is 1. The highest BCUT2D eigenvalue weighted by Gasteiger charge is 2.29. The molecule has 1 aromatic carbocycles. The van der Waals surface area contributed by atoms with E-state index >= 15 is 0 Å². The summed E-state index contributed by atoms with van der Waals surface area (Å²) >= 11 is 0. The van der Waals surface area contributed by atoms with Crippen LogP contribution >= 0.6 is 0 Å². The Hall–Kier alpha value is -4.13.